The monoisotopic (exact) mass is 379 g/mol. The quantitative estimate of drug-likeness (QED) is 0.742. The van der Waals surface area contributed by atoms with Crippen LogP contribution in [0.1, 0.15) is 42.6 Å². The molecule has 1 fully saturated rings. The van der Waals surface area contributed by atoms with E-state index in [0.717, 1.165) is 22.7 Å². The highest BCUT2D eigenvalue weighted by Gasteiger charge is 2.45. The minimum absolute atomic E-state index is 0.0844. The number of rotatable bonds is 7. The van der Waals surface area contributed by atoms with E-state index in [1.54, 1.807) is 0 Å². The second kappa shape index (κ2) is 7.15. The fourth-order valence-electron chi connectivity index (χ4n) is 3.01. The van der Waals surface area contributed by atoms with E-state index in [1.165, 1.54) is 11.6 Å². The van der Waals surface area contributed by atoms with Gasteiger partial charge >= 0.3 is 6.03 Å². The van der Waals surface area contributed by atoms with Crippen molar-refractivity contribution in [3.63, 3.8) is 0 Å². The van der Waals surface area contributed by atoms with Gasteiger partial charge in [0.05, 0.1) is 34.5 Å². The van der Waals surface area contributed by atoms with Gasteiger partial charge in [0.25, 0.3) is 6.43 Å². The number of aromatic nitrogens is 3. The molecule has 1 saturated heterocycles. The molecule has 1 atom stereocenters. The van der Waals surface area contributed by atoms with Gasteiger partial charge in [0.15, 0.2) is 0 Å². The van der Waals surface area contributed by atoms with Gasteiger partial charge in [0.2, 0.25) is 4.96 Å². The van der Waals surface area contributed by atoms with Gasteiger partial charge < -0.3 is 15.0 Å². The molecular formula is C14H17B2F2N5O2S. The summed E-state index contributed by atoms with van der Waals surface area (Å²) in [6.07, 6.45) is -1.47. The lowest BCUT2D eigenvalue weighted by Gasteiger charge is -2.35. The summed E-state index contributed by atoms with van der Waals surface area (Å²) in [6.45, 7) is 1.95. The Morgan fingerprint density at radius 1 is 1.46 bits per heavy atom. The normalized spacial score (nSPS) is 19.7. The minimum Gasteiger partial charge on any atom is -0.377 e. The zero-order chi connectivity index (χ0) is 19.1. The van der Waals surface area contributed by atoms with E-state index in [4.69, 9.17) is 20.4 Å². The van der Waals surface area contributed by atoms with Crippen molar-refractivity contribution in [3.8, 4) is 0 Å². The zero-order valence-electron chi connectivity index (χ0n) is 14.4. The maximum atomic E-state index is 13.4. The van der Waals surface area contributed by atoms with Crippen LogP contribution in [0, 0.1) is 0 Å². The molecule has 7 nitrogen and oxygen atoms in total. The Hall–Kier alpha value is -1.68. The topological polar surface area (TPSA) is 71.8 Å². The fraction of sp³-hybridized carbons (Fsp3) is 0.643. The van der Waals surface area contributed by atoms with Crippen LogP contribution in [0.25, 0.3) is 4.96 Å². The molecule has 2 aromatic rings. The summed E-state index contributed by atoms with van der Waals surface area (Å²) in [5.74, 6) is 0. The van der Waals surface area contributed by atoms with E-state index in [-0.39, 0.29) is 18.8 Å². The third kappa shape index (κ3) is 3.20. The predicted molar refractivity (Wildman–Crippen MR) is 93.5 cm³/mol. The van der Waals surface area contributed by atoms with Crippen molar-refractivity contribution in [2.24, 2.45) is 0 Å². The molecule has 2 aromatic heterocycles. The number of alkyl halides is 2. The Morgan fingerprint density at radius 2 is 2.19 bits per heavy atom. The van der Waals surface area contributed by atoms with Crippen LogP contribution in [0.2, 0.25) is 0 Å². The molecule has 0 saturated carbocycles. The highest BCUT2D eigenvalue weighted by atomic mass is 32.1. The summed E-state index contributed by atoms with van der Waals surface area (Å²) in [4.78, 5) is 17.7. The molecule has 0 aliphatic carbocycles. The molecule has 12 heteroatoms. The van der Waals surface area contributed by atoms with E-state index in [1.807, 2.05) is 6.92 Å². The van der Waals surface area contributed by atoms with Crippen molar-refractivity contribution < 1.29 is 18.3 Å². The van der Waals surface area contributed by atoms with Crippen molar-refractivity contribution in [2.75, 3.05) is 7.11 Å². The van der Waals surface area contributed by atoms with Gasteiger partial charge in [-0.2, -0.15) is 5.10 Å². The van der Waals surface area contributed by atoms with Crippen molar-refractivity contribution in [3.05, 3.63) is 16.4 Å². The van der Waals surface area contributed by atoms with E-state index >= 15 is 0 Å². The SMILES string of the molecule is [B]C1([B])[C@H](CCC)NC(=O)N1Cc1c(C(F)F)nc2sc(COC)nn12. The van der Waals surface area contributed by atoms with Gasteiger partial charge in [0.1, 0.15) is 10.7 Å². The number of carbonyl (C=O) groups excluding carboxylic acids is 1. The van der Waals surface area contributed by atoms with Crippen LogP contribution in [0.4, 0.5) is 13.6 Å². The third-order valence-corrected chi connectivity index (χ3v) is 5.18. The van der Waals surface area contributed by atoms with Crippen molar-refractivity contribution in [1.29, 1.82) is 0 Å². The maximum absolute atomic E-state index is 13.4. The maximum Gasteiger partial charge on any atom is 0.317 e. The Kier molecular flexibility index (Phi) is 5.25. The Balaban J connectivity index is 1.98. The first kappa shape index (κ1) is 19.1. The van der Waals surface area contributed by atoms with Crippen molar-refractivity contribution in [2.45, 2.75) is 50.7 Å². The van der Waals surface area contributed by atoms with Crippen molar-refractivity contribution in [1.82, 2.24) is 24.8 Å². The summed E-state index contributed by atoms with van der Waals surface area (Å²) in [7, 11) is 13.8. The van der Waals surface area contributed by atoms with Crippen LogP contribution < -0.4 is 5.32 Å². The third-order valence-electron chi connectivity index (χ3n) is 4.30. The molecule has 2 amide bonds. The molecule has 136 valence electrons. The van der Waals surface area contributed by atoms with E-state index in [9.17, 15) is 13.6 Å². The molecule has 26 heavy (non-hydrogen) atoms. The van der Waals surface area contributed by atoms with E-state index in [0.29, 0.717) is 16.4 Å². The molecular weight excluding hydrogens is 362 g/mol. The Labute approximate surface area is 155 Å². The number of hydrogen-bond donors (Lipinski definition) is 1. The average molecular weight is 379 g/mol. The van der Waals surface area contributed by atoms with Gasteiger partial charge in [-0.05, 0) is 11.8 Å². The molecule has 0 unspecified atom stereocenters. The Bertz CT molecular complexity index is 813. The zero-order valence-corrected chi connectivity index (χ0v) is 15.2. The number of carbonyl (C=O) groups is 1. The number of halogens is 2. The molecule has 1 aliphatic rings. The van der Waals surface area contributed by atoms with Crippen LogP contribution in [0.5, 0.6) is 0 Å². The van der Waals surface area contributed by atoms with Gasteiger partial charge in [-0.3, -0.25) is 0 Å². The van der Waals surface area contributed by atoms with E-state index < -0.39 is 29.5 Å². The second-order valence-corrected chi connectivity index (χ2v) is 7.17. The number of fused-ring (bicyclic) bond motifs is 1. The van der Waals surface area contributed by atoms with Crippen molar-refractivity contribution >= 4 is 38.0 Å². The number of methoxy groups -OCH3 is 1. The smallest absolute Gasteiger partial charge is 0.317 e. The predicted octanol–water partition coefficient (Wildman–Crippen LogP) is 1.56. The number of nitrogens with zero attached hydrogens (tertiary/aromatic N) is 4. The summed E-state index contributed by atoms with van der Waals surface area (Å²) < 4.78 is 33.2. The molecule has 1 aliphatic heterocycles. The molecule has 3 rings (SSSR count). The molecule has 3 heterocycles. The van der Waals surface area contributed by atoms with Crippen LogP contribution >= 0.6 is 11.3 Å². The number of ether oxygens (including phenoxy) is 1. The molecule has 1 N–H and O–H groups in total. The lowest BCUT2D eigenvalue weighted by atomic mass is 9.56. The summed E-state index contributed by atoms with van der Waals surface area (Å²) >= 11 is 1.14. The highest BCUT2D eigenvalue weighted by molar-refractivity contribution is 7.16. The van der Waals surface area contributed by atoms with Gasteiger partial charge in [-0.15, -0.1) is 0 Å². The summed E-state index contributed by atoms with van der Waals surface area (Å²) in [5.41, 5.74) is -0.351. The van der Waals surface area contributed by atoms with E-state index in [2.05, 4.69) is 15.4 Å². The van der Waals surface area contributed by atoms with Crippen LogP contribution in [-0.4, -0.2) is 59.7 Å². The number of hydrogen-bond acceptors (Lipinski definition) is 5. The van der Waals surface area contributed by atoms with Gasteiger partial charge in [-0.1, -0.05) is 24.7 Å². The number of imidazole rings is 1. The second-order valence-electron chi connectivity index (χ2n) is 6.13. The van der Waals surface area contributed by atoms with Crippen LogP contribution in [0.15, 0.2) is 0 Å². The lowest BCUT2D eigenvalue weighted by molar-refractivity contribution is 0.143. The molecule has 4 radical (unpaired) electrons. The standard InChI is InChI=1S/C14H17B2F2N5O2S/c1-3-4-8-14(15,16)22(12(24)19-8)5-7-10(11(17)18)20-13-23(7)21-9(26-13)6-25-2/h8,11H,3-6H2,1-2H3,(H,19,24)/t8-/m0/s1. The molecule has 0 aromatic carbocycles. The first-order valence-corrected chi connectivity index (χ1v) is 8.91. The minimum atomic E-state index is -2.81. The molecule has 0 spiro atoms. The molecule has 0 bridgehead atoms. The van der Waals surface area contributed by atoms with Crippen LogP contribution in [0.3, 0.4) is 0 Å². The largest absolute Gasteiger partial charge is 0.377 e. The number of amides is 2. The average Bonchev–Trinajstić information content (AvgIpc) is 3.15. The number of nitrogens with one attached hydrogen (secondary N) is 1. The van der Waals surface area contributed by atoms with Crippen LogP contribution in [-0.2, 0) is 17.9 Å². The van der Waals surface area contributed by atoms with Gasteiger partial charge in [0, 0.05) is 13.2 Å². The first-order valence-electron chi connectivity index (χ1n) is 8.09. The summed E-state index contributed by atoms with van der Waals surface area (Å²) in [6, 6.07) is -0.978. The number of urea groups is 1. The first-order chi connectivity index (χ1) is 12.3. The van der Waals surface area contributed by atoms with Gasteiger partial charge in [-0.25, -0.2) is 23.1 Å². The summed E-state index contributed by atoms with van der Waals surface area (Å²) in [5, 5.41) is 6.05. The Morgan fingerprint density at radius 3 is 2.81 bits per heavy atom. The lowest BCUT2D eigenvalue weighted by Crippen LogP contribution is -2.52. The highest BCUT2D eigenvalue weighted by Crippen LogP contribution is 2.31. The fourth-order valence-corrected chi connectivity index (χ4v) is 3.90.